The fraction of sp³-hybridized carbons (Fsp3) is 0.857. The van der Waals surface area contributed by atoms with Crippen LogP contribution in [0.4, 0.5) is 0 Å². The van der Waals surface area contributed by atoms with Crippen LogP contribution in [-0.2, 0) is 4.79 Å². The summed E-state index contributed by atoms with van der Waals surface area (Å²) < 4.78 is 0. The maximum Gasteiger partial charge on any atom is 0.106 e. The van der Waals surface area contributed by atoms with Crippen LogP contribution in [-0.4, -0.2) is 18.2 Å². The lowest BCUT2D eigenvalue weighted by Crippen LogP contribution is -2.80. The second-order valence-electron chi connectivity index (χ2n) is 3.38. The van der Waals surface area contributed by atoms with Crippen molar-refractivity contribution in [2.75, 3.05) is 6.54 Å². The van der Waals surface area contributed by atoms with Gasteiger partial charge in [0.15, 0.2) is 0 Å². The molecule has 0 aliphatic rings. The Morgan fingerprint density at radius 1 is 1.55 bits per heavy atom. The van der Waals surface area contributed by atoms with Gasteiger partial charge in [0.05, 0.1) is 0 Å². The lowest BCUT2D eigenvalue weighted by molar-refractivity contribution is -0.887. The van der Waals surface area contributed by atoms with Crippen molar-refractivity contribution in [1.82, 2.24) is 0 Å². The SMILES string of the molecule is CC(C)(C)CC[NH2+]O.O=C[O-]. The number of quaternary nitrogens is 1. The summed E-state index contributed by atoms with van der Waals surface area (Å²) in [6.45, 7) is 6.80. The van der Waals surface area contributed by atoms with E-state index in [0.29, 0.717) is 5.41 Å². The summed E-state index contributed by atoms with van der Waals surface area (Å²) in [5.41, 5.74) is 1.59. The van der Waals surface area contributed by atoms with Crippen LogP contribution in [0.1, 0.15) is 27.2 Å². The summed E-state index contributed by atoms with van der Waals surface area (Å²) in [5, 5.41) is 16.6. The first kappa shape index (κ1) is 13.0. The van der Waals surface area contributed by atoms with E-state index in [9.17, 15) is 0 Å². The Morgan fingerprint density at radius 3 is 2.00 bits per heavy atom. The maximum atomic E-state index is 8.30. The molecular formula is C7H17NO3. The Labute approximate surface area is 67.2 Å². The average molecular weight is 163 g/mol. The van der Waals surface area contributed by atoms with Crippen LogP contribution >= 0.6 is 0 Å². The first-order valence-corrected chi connectivity index (χ1v) is 3.49. The third-order valence-corrected chi connectivity index (χ3v) is 1.02. The zero-order valence-corrected chi connectivity index (χ0v) is 7.33. The van der Waals surface area contributed by atoms with Crippen molar-refractivity contribution in [3.05, 3.63) is 0 Å². The molecule has 3 N–H and O–H groups in total. The minimum Gasteiger partial charge on any atom is -0.554 e. The summed E-state index contributed by atoms with van der Waals surface area (Å²) >= 11 is 0. The minimum atomic E-state index is -0.500. The third kappa shape index (κ3) is 26.6. The van der Waals surface area contributed by atoms with Crippen molar-refractivity contribution >= 4 is 6.47 Å². The van der Waals surface area contributed by atoms with Crippen molar-refractivity contribution in [3.63, 3.8) is 0 Å². The van der Waals surface area contributed by atoms with Gasteiger partial charge in [-0.3, -0.25) is 0 Å². The molecule has 0 rings (SSSR count). The molecule has 11 heavy (non-hydrogen) atoms. The van der Waals surface area contributed by atoms with E-state index in [0.717, 1.165) is 13.0 Å². The molecule has 0 saturated carbocycles. The molecule has 0 aromatic heterocycles. The molecule has 0 heterocycles. The van der Waals surface area contributed by atoms with Crippen LogP contribution in [0.3, 0.4) is 0 Å². The fourth-order valence-electron chi connectivity index (χ4n) is 0.498. The smallest absolute Gasteiger partial charge is 0.106 e. The van der Waals surface area contributed by atoms with E-state index >= 15 is 0 Å². The first-order valence-electron chi connectivity index (χ1n) is 3.49. The Hall–Kier alpha value is -0.610. The standard InChI is InChI=1S/C6H15NO.CH2O2/c1-6(2,3)4-5-7-8;2-1-3/h7-8H,4-5H2,1-3H3;1H,(H,2,3). The molecule has 0 unspecified atom stereocenters. The molecule has 4 heteroatoms. The predicted molar refractivity (Wildman–Crippen MR) is 38.7 cm³/mol. The van der Waals surface area contributed by atoms with Gasteiger partial charge in [-0.1, -0.05) is 20.8 Å². The summed E-state index contributed by atoms with van der Waals surface area (Å²) in [6.07, 6.45) is 1.06. The molecule has 4 nitrogen and oxygen atoms in total. The maximum absolute atomic E-state index is 8.30. The van der Waals surface area contributed by atoms with Gasteiger partial charge >= 0.3 is 0 Å². The van der Waals surface area contributed by atoms with E-state index in [2.05, 4.69) is 20.8 Å². The van der Waals surface area contributed by atoms with Crippen molar-refractivity contribution < 1.29 is 20.6 Å². The Bertz CT molecular complexity index is 88.2. The van der Waals surface area contributed by atoms with Gasteiger partial charge in [0.2, 0.25) is 0 Å². The van der Waals surface area contributed by atoms with Crippen LogP contribution < -0.4 is 10.6 Å². The number of hydroxylamine groups is 1. The van der Waals surface area contributed by atoms with Gasteiger partial charge in [0.1, 0.15) is 6.54 Å². The Balaban J connectivity index is 0. The number of carboxylic acid groups (broad SMARTS) is 1. The molecule has 0 saturated heterocycles. The largest absolute Gasteiger partial charge is 0.554 e. The normalized spacial score (nSPS) is 9.82. The highest BCUT2D eigenvalue weighted by atomic mass is 16.5. The average Bonchev–Trinajstić information content (AvgIpc) is 1.84. The van der Waals surface area contributed by atoms with Crippen LogP contribution in [0.2, 0.25) is 0 Å². The molecule has 0 atom stereocenters. The summed E-state index contributed by atoms with van der Waals surface area (Å²) in [7, 11) is 0. The first-order chi connectivity index (χ1) is 4.97. The number of hydrogen-bond donors (Lipinski definition) is 2. The van der Waals surface area contributed by atoms with E-state index in [1.54, 1.807) is 0 Å². The van der Waals surface area contributed by atoms with E-state index in [4.69, 9.17) is 15.1 Å². The molecule has 0 aromatic rings. The van der Waals surface area contributed by atoms with Gasteiger partial charge in [-0.15, -0.1) is 0 Å². The number of hydrogen-bond acceptors (Lipinski definition) is 3. The number of carbonyl (C=O) groups excluding carboxylic acids is 1. The van der Waals surface area contributed by atoms with E-state index in [1.807, 2.05) is 0 Å². The summed E-state index contributed by atoms with van der Waals surface area (Å²) in [6, 6.07) is 0. The predicted octanol–water partition coefficient (Wildman–Crippen LogP) is -1.26. The van der Waals surface area contributed by atoms with E-state index in [1.165, 1.54) is 5.48 Å². The quantitative estimate of drug-likeness (QED) is 0.394. The monoisotopic (exact) mass is 163 g/mol. The highest BCUT2D eigenvalue weighted by Gasteiger charge is 2.09. The van der Waals surface area contributed by atoms with Gasteiger partial charge in [-0.25, -0.2) is 10.7 Å². The van der Waals surface area contributed by atoms with E-state index in [-0.39, 0.29) is 0 Å². The Morgan fingerprint density at radius 2 is 1.91 bits per heavy atom. The second kappa shape index (κ2) is 7.50. The number of nitrogens with two attached hydrogens (primary N) is 1. The van der Waals surface area contributed by atoms with Gasteiger partial charge in [-0.2, -0.15) is 0 Å². The molecule has 0 spiro atoms. The summed E-state index contributed by atoms with van der Waals surface area (Å²) in [5.74, 6) is 0. The van der Waals surface area contributed by atoms with Crippen LogP contribution in [0, 0.1) is 5.41 Å². The van der Waals surface area contributed by atoms with Crippen molar-refractivity contribution in [1.29, 1.82) is 0 Å². The fourth-order valence-corrected chi connectivity index (χ4v) is 0.498. The van der Waals surface area contributed by atoms with Crippen molar-refractivity contribution in [3.8, 4) is 0 Å². The number of carbonyl (C=O) groups is 1. The van der Waals surface area contributed by atoms with Gasteiger partial charge < -0.3 is 9.90 Å². The van der Waals surface area contributed by atoms with Gasteiger partial charge in [0.25, 0.3) is 0 Å². The molecular weight excluding hydrogens is 146 g/mol. The lowest BCUT2D eigenvalue weighted by Gasteiger charge is -2.14. The molecule has 0 radical (unpaired) electrons. The Kier molecular flexibility index (Phi) is 8.87. The zero-order valence-electron chi connectivity index (χ0n) is 7.33. The van der Waals surface area contributed by atoms with Crippen LogP contribution in [0.5, 0.6) is 0 Å². The highest BCUT2D eigenvalue weighted by Crippen LogP contribution is 2.15. The molecule has 0 aliphatic heterocycles. The molecule has 0 amide bonds. The zero-order chi connectivity index (χ0) is 9.33. The molecule has 0 fully saturated rings. The molecule has 0 aliphatic carbocycles. The second-order valence-corrected chi connectivity index (χ2v) is 3.38. The molecule has 68 valence electrons. The van der Waals surface area contributed by atoms with Crippen molar-refractivity contribution in [2.24, 2.45) is 5.41 Å². The van der Waals surface area contributed by atoms with Gasteiger partial charge in [-0.05, 0) is 5.41 Å². The number of rotatable bonds is 2. The molecule has 0 bridgehead atoms. The van der Waals surface area contributed by atoms with Crippen LogP contribution in [0.15, 0.2) is 0 Å². The van der Waals surface area contributed by atoms with E-state index < -0.39 is 6.47 Å². The van der Waals surface area contributed by atoms with Crippen LogP contribution in [0.25, 0.3) is 0 Å². The topological polar surface area (TPSA) is 77.0 Å². The third-order valence-electron chi connectivity index (χ3n) is 1.02. The summed E-state index contributed by atoms with van der Waals surface area (Å²) in [4.78, 5) is 8.25. The lowest BCUT2D eigenvalue weighted by atomic mass is 9.93. The highest BCUT2D eigenvalue weighted by molar-refractivity contribution is 5.29. The van der Waals surface area contributed by atoms with Crippen molar-refractivity contribution in [2.45, 2.75) is 27.2 Å². The minimum absolute atomic E-state index is 0.360. The molecule has 0 aromatic carbocycles. The van der Waals surface area contributed by atoms with Gasteiger partial charge in [0, 0.05) is 12.9 Å².